The summed E-state index contributed by atoms with van der Waals surface area (Å²) in [6.07, 6.45) is 0. The van der Waals surface area contributed by atoms with Gasteiger partial charge in [0.25, 0.3) is 0 Å². The molecule has 5 heteroatoms. The summed E-state index contributed by atoms with van der Waals surface area (Å²) in [4.78, 5) is 15.8. The van der Waals surface area contributed by atoms with Crippen molar-refractivity contribution in [2.75, 3.05) is 11.9 Å². The number of hydrogen-bond donors (Lipinski definition) is 1. The Kier molecular flexibility index (Phi) is 4.16. The molecular weight excluding hydrogens is 260 g/mol. The molecule has 0 amide bonds. The van der Waals surface area contributed by atoms with E-state index in [1.54, 1.807) is 12.3 Å². The van der Waals surface area contributed by atoms with Crippen molar-refractivity contribution >= 4 is 28.1 Å². The van der Waals surface area contributed by atoms with Crippen LogP contribution < -0.4 is 5.32 Å². The van der Waals surface area contributed by atoms with Gasteiger partial charge in [-0.25, -0.2) is 9.78 Å². The maximum atomic E-state index is 11.5. The number of nitrogens with one attached hydrogen (secondary N) is 1. The molecule has 4 nitrogen and oxygen atoms in total. The first-order chi connectivity index (χ1) is 9.11. The molecular formula is C14H16N2O2S. The molecule has 1 N–H and O–H groups in total. The van der Waals surface area contributed by atoms with Gasteiger partial charge in [0.15, 0.2) is 10.8 Å². The van der Waals surface area contributed by atoms with Gasteiger partial charge in [-0.15, -0.1) is 11.3 Å². The quantitative estimate of drug-likeness (QED) is 0.865. The van der Waals surface area contributed by atoms with Crippen molar-refractivity contribution < 1.29 is 9.53 Å². The van der Waals surface area contributed by atoms with E-state index in [2.05, 4.69) is 30.2 Å². The monoisotopic (exact) mass is 276 g/mol. The molecule has 0 aliphatic heterocycles. The number of ether oxygens (including phenoxy) is 1. The Morgan fingerprint density at radius 3 is 2.95 bits per heavy atom. The van der Waals surface area contributed by atoms with Gasteiger partial charge in [0.05, 0.1) is 6.61 Å². The van der Waals surface area contributed by atoms with Gasteiger partial charge in [0.2, 0.25) is 0 Å². The van der Waals surface area contributed by atoms with E-state index in [9.17, 15) is 4.79 Å². The zero-order valence-electron chi connectivity index (χ0n) is 11.2. The molecule has 2 rings (SSSR count). The average molecular weight is 276 g/mol. The fraction of sp³-hybridized carbons (Fsp3) is 0.286. The number of esters is 1. The van der Waals surface area contributed by atoms with Crippen molar-refractivity contribution in [2.24, 2.45) is 0 Å². The summed E-state index contributed by atoms with van der Waals surface area (Å²) in [6.45, 7) is 6.25. The number of carbonyl (C=O) groups is 1. The van der Waals surface area contributed by atoms with E-state index < -0.39 is 0 Å². The highest BCUT2D eigenvalue weighted by atomic mass is 32.1. The molecule has 0 atom stereocenters. The van der Waals surface area contributed by atoms with Crippen LogP contribution in [0.25, 0.3) is 0 Å². The standard InChI is InChI=1S/C14H16N2O2S/c1-4-18-13(17)12-8-19-14(16-12)15-11-7-5-6-9(2)10(11)3/h5-8H,4H2,1-3H3,(H,15,16). The SMILES string of the molecule is CCOC(=O)c1csc(Nc2cccc(C)c2C)n1. The highest BCUT2D eigenvalue weighted by molar-refractivity contribution is 7.14. The summed E-state index contributed by atoms with van der Waals surface area (Å²) in [5.74, 6) is -0.382. The second-order valence-electron chi connectivity index (χ2n) is 4.13. The molecule has 1 aromatic carbocycles. The summed E-state index contributed by atoms with van der Waals surface area (Å²) in [5.41, 5.74) is 3.74. The smallest absolute Gasteiger partial charge is 0.357 e. The molecule has 0 spiro atoms. The maximum absolute atomic E-state index is 11.5. The van der Waals surface area contributed by atoms with Crippen LogP contribution >= 0.6 is 11.3 Å². The lowest BCUT2D eigenvalue weighted by Gasteiger charge is -2.08. The summed E-state index contributed by atoms with van der Waals surface area (Å²) in [7, 11) is 0. The fourth-order valence-corrected chi connectivity index (χ4v) is 2.32. The summed E-state index contributed by atoms with van der Waals surface area (Å²) < 4.78 is 4.91. The Labute approximate surface area is 116 Å². The number of carbonyl (C=O) groups excluding carboxylic acids is 1. The Balaban J connectivity index is 2.16. The Bertz CT molecular complexity index is 593. The predicted octanol–water partition coefficient (Wildman–Crippen LogP) is 3.68. The summed E-state index contributed by atoms with van der Waals surface area (Å²) >= 11 is 1.39. The Morgan fingerprint density at radius 2 is 2.21 bits per heavy atom. The van der Waals surface area contributed by atoms with Crippen molar-refractivity contribution in [1.82, 2.24) is 4.98 Å². The van der Waals surface area contributed by atoms with Gasteiger partial charge >= 0.3 is 5.97 Å². The van der Waals surface area contributed by atoms with E-state index in [0.717, 1.165) is 5.69 Å². The minimum absolute atomic E-state index is 0.347. The largest absolute Gasteiger partial charge is 0.461 e. The number of aryl methyl sites for hydroxylation is 1. The molecule has 0 unspecified atom stereocenters. The van der Waals surface area contributed by atoms with Crippen LogP contribution in [0.15, 0.2) is 23.6 Å². The van der Waals surface area contributed by atoms with E-state index >= 15 is 0 Å². The van der Waals surface area contributed by atoms with Gasteiger partial charge < -0.3 is 10.1 Å². The molecule has 0 saturated heterocycles. The van der Waals surface area contributed by atoms with E-state index in [1.807, 2.05) is 12.1 Å². The number of aromatic nitrogens is 1. The molecule has 100 valence electrons. The van der Waals surface area contributed by atoms with Crippen LogP contribution in [-0.4, -0.2) is 17.6 Å². The van der Waals surface area contributed by atoms with Crippen LogP contribution in [0.4, 0.5) is 10.8 Å². The van der Waals surface area contributed by atoms with Crippen molar-refractivity contribution in [2.45, 2.75) is 20.8 Å². The Morgan fingerprint density at radius 1 is 1.42 bits per heavy atom. The highest BCUT2D eigenvalue weighted by Gasteiger charge is 2.12. The number of rotatable bonds is 4. The second kappa shape index (κ2) is 5.84. The van der Waals surface area contributed by atoms with E-state index in [4.69, 9.17) is 4.74 Å². The zero-order valence-corrected chi connectivity index (χ0v) is 12.0. The normalized spacial score (nSPS) is 10.3. The first kappa shape index (κ1) is 13.5. The molecule has 0 aliphatic carbocycles. The second-order valence-corrected chi connectivity index (χ2v) is 4.99. The van der Waals surface area contributed by atoms with Crippen LogP contribution in [-0.2, 0) is 4.74 Å². The predicted molar refractivity (Wildman–Crippen MR) is 77.3 cm³/mol. The number of anilines is 2. The van der Waals surface area contributed by atoms with Crippen molar-refractivity contribution in [3.8, 4) is 0 Å². The maximum Gasteiger partial charge on any atom is 0.357 e. The zero-order chi connectivity index (χ0) is 13.8. The third kappa shape index (κ3) is 3.12. The molecule has 0 radical (unpaired) electrons. The lowest BCUT2D eigenvalue weighted by Crippen LogP contribution is -2.05. The van der Waals surface area contributed by atoms with Gasteiger partial charge in [0, 0.05) is 11.1 Å². The van der Waals surface area contributed by atoms with Gasteiger partial charge in [0.1, 0.15) is 0 Å². The van der Waals surface area contributed by atoms with Gasteiger partial charge in [-0.2, -0.15) is 0 Å². The summed E-state index contributed by atoms with van der Waals surface area (Å²) in [6, 6.07) is 6.05. The third-order valence-electron chi connectivity index (χ3n) is 2.83. The van der Waals surface area contributed by atoms with E-state index in [1.165, 1.54) is 22.5 Å². The minimum atomic E-state index is -0.382. The first-order valence-corrected chi connectivity index (χ1v) is 6.95. The van der Waals surface area contributed by atoms with Gasteiger partial charge in [-0.05, 0) is 38.0 Å². The first-order valence-electron chi connectivity index (χ1n) is 6.07. The van der Waals surface area contributed by atoms with Crippen LogP contribution in [0.5, 0.6) is 0 Å². The van der Waals surface area contributed by atoms with Crippen LogP contribution in [0.2, 0.25) is 0 Å². The fourth-order valence-electron chi connectivity index (χ4n) is 1.63. The van der Waals surface area contributed by atoms with Crippen molar-refractivity contribution in [3.63, 3.8) is 0 Å². The molecule has 0 fully saturated rings. The molecule has 0 saturated carbocycles. The molecule has 0 bridgehead atoms. The van der Waals surface area contributed by atoms with Crippen LogP contribution in [0, 0.1) is 13.8 Å². The number of thiazole rings is 1. The lowest BCUT2D eigenvalue weighted by molar-refractivity contribution is 0.0520. The van der Waals surface area contributed by atoms with Gasteiger partial charge in [-0.3, -0.25) is 0 Å². The topological polar surface area (TPSA) is 51.2 Å². The van der Waals surface area contributed by atoms with Gasteiger partial charge in [-0.1, -0.05) is 12.1 Å². The molecule has 2 aromatic rings. The molecule has 19 heavy (non-hydrogen) atoms. The minimum Gasteiger partial charge on any atom is -0.461 e. The highest BCUT2D eigenvalue weighted by Crippen LogP contribution is 2.25. The number of nitrogens with zero attached hydrogens (tertiary/aromatic N) is 1. The third-order valence-corrected chi connectivity index (χ3v) is 3.59. The number of benzene rings is 1. The summed E-state index contributed by atoms with van der Waals surface area (Å²) in [5, 5.41) is 5.62. The molecule has 0 aliphatic rings. The molecule has 1 aromatic heterocycles. The molecule has 1 heterocycles. The van der Waals surface area contributed by atoms with Crippen LogP contribution in [0.3, 0.4) is 0 Å². The van der Waals surface area contributed by atoms with Crippen LogP contribution in [0.1, 0.15) is 28.5 Å². The average Bonchev–Trinajstić information content (AvgIpc) is 2.84. The van der Waals surface area contributed by atoms with Crippen molar-refractivity contribution in [1.29, 1.82) is 0 Å². The lowest BCUT2D eigenvalue weighted by atomic mass is 10.1. The number of hydrogen-bond acceptors (Lipinski definition) is 5. The van der Waals surface area contributed by atoms with E-state index in [-0.39, 0.29) is 5.97 Å². The Hall–Kier alpha value is -1.88. The van der Waals surface area contributed by atoms with E-state index in [0.29, 0.717) is 17.4 Å². The van der Waals surface area contributed by atoms with Crippen molar-refractivity contribution in [3.05, 3.63) is 40.4 Å².